The Morgan fingerprint density at radius 1 is 1.21 bits per heavy atom. The highest BCUT2D eigenvalue weighted by Gasteiger charge is 2.26. The van der Waals surface area contributed by atoms with Crippen LogP contribution in [0.4, 0.5) is 4.79 Å². The number of rotatable bonds is 2. The van der Waals surface area contributed by atoms with Crippen molar-refractivity contribution >= 4 is 19.7 Å². The average Bonchev–Trinajstić information content (AvgIpc) is 2.02. The van der Waals surface area contributed by atoms with Crippen LogP contribution in [0.5, 0.6) is 0 Å². The van der Waals surface area contributed by atoms with E-state index in [2.05, 4.69) is 0 Å². The molecule has 0 bridgehead atoms. The van der Waals surface area contributed by atoms with Gasteiger partial charge in [-0.1, -0.05) is 0 Å². The third kappa shape index (κ3) is 9.18. The summed E-state index contributed by atoms with van der Waals surface area (Å²) in [6.45, 7) is 0. The summed E-state index contributed by atoms with van der Waals surface area (Å²) in [5, 5.41) is 0. The van der Waals surface area contributed by atoms with Gasteiger partial charge in [0.15, 0.2) is 0 Å². The molecular weight excluding hydrogens is 211 g/mol. The monoisotopic (exact) mass is 226 g/mol. The molecule has 0 saturated heterocycles. The van der Waals surface area contributed by atoms with Crippen molar-refractivity contribution in [2.24, 2.45) is 0 Å². The Balaban J connectivity index is 0. The number of amides is 2. The van der Waals surface area contributed by atoms with E-state index in [1.165, 1.54) is 19.0 Å². The van der Waals surface area contributed by atoms with Crippen LogP contribution in [-0.2, 0) is 9.36 Å². The molecule has 84 valence electrons. The highest BCUT2D eigenvalue weighted by Crippen LogP contribution is 2.36. The summed E-state index contributed by atoms with van der Waals surface area (Å²) in [7, 11) is 1.41. The highest BCUT2D eigenvalue weighted by atomic mass is 31.2. The van der Waals surface area contributed by atoms with Gasteiger partial charge >= 0.3 is 13.2 Å². The summed E-state index contributed by atoms with van der Waals surface area (Å²) in [4.78, 5) is 38.4. The maximum Gasteiger partial charge on any atom is 0.413 e. The molecule has 0 spiro atoms. The van der Waals surface area contributed by atoms with E-state index in [4.69, 9.17) is 9.79 Å². The van der Waals surface area contributed by atoms with Crippen molar-refractivity contribution in [3.05, 3.63) is 0 Å². The lowest BCUT2D eigenvalue weighted by Crippen LogP contribution is -2.19. The van der Waals surface area contributed by atoms with Gasteiger partial charge in [0.2, 0.25) is 6.41 Å². The number of hydrogen-bond donors (Lipinski definition) is 2. The van der Waals surface area contributed by atoms with Crippen LogP contribution in [-0.4, -0.2) is 59.8 Å². The number of hydrogen-bond acceptors (Lipinski definition) is 3. The van der Waals surface area contributed by atoms with Gasteiger partial charge in [-0.2, -0.15) is 0 Å². The Morgan fingerprint density at radius 3 is 1.50 bits per heavy atom. The summed E-state index contributed by atoms with van der Waals surface area (Å²) in [5.74, 6) is 0. The largest absolute Gasteiger partial charge is 0.413 e. The zero-order valence-corrected chi connectivity index (χ0v) is 9.43. The van der Waals surface area contributed by atoms with E-state index in [1.54, 1.807) is 14.1 Å². The van der Waals surface area contributed by atoms with Crippen molar-refractivity contribution in [2.45, 2.75) is 0 Å². The zero-order chi connectivity index (χ0) is 11.9. The Labute approximate surface area is 82.5 Å². The maximum absolute atomic E-state index is 10.3. The van der Waals surface area contributed by atoms with Crippen LogP contribution in [0.3, 0.4) is 0 Å². The standard InChI is InChI=1S/C3H8NO4P.C3H7NO/c1-4(2)3(5)9(6,7)8;1-4(2)3-5/h1-2H3,(H2,6,7,8);3H,1-2H3. The Kier molecular flexibility index (Phi) is 7.26. The van der Waals surface area contributed by atoms with Gasteiger partial charge in [-0.05, 0) is 0 Å². The minimum Gasteiger partial charge on any atom is -0.351 e. The number of nitrogens with zero attached hydrogens (tertiary/aromatic N) is 2. The van der Waals surface area contributed by atoms with Gasteiger partial charge in [-0.3, -0.25) is 9.59 Å². The molecule has 2 amide bonds. The van der Waals surface area contributed by atoms with Crippen LogP contribution in [0.1, 0.15) is 0 Å². The molecule has 0 fully saturated rings. The van der Waals surface area contributed by atoms with E-state index < -0.39 is 13.2 Å². The van der Waals surface area contributed by atoms with E-state index >= 15 is 0 Å². The highest BCUT2D eigenvalue weighted by molar-refractivity contribution is 7.69. The lowest BCUT2D eigenvalue weighted by Gasteiger charge is -2.09. The molecule has 0 saturated carbocycles. The molecule has 0 aromatic carbocycles. The van der Waals surface area contributed by atoms with Crippen LogP contribution in [0, 0.1) is 0 Å². The van der Waals surface area contributed by atoms with Crippen molar-refractivity contribution in [3.63, 3.8) is 0 Å². The lowest BCUT2D eigenvalue weighted by atomic mass is 11.0. The van der Waals surface area contributed by atoms with Crippen molar-refractivity contribution in [1.29, 1.82) is 0 Å². The first-order chi connectivity index (χ1) is 6.12. The Bertz CT molecular complexity index is 234. The second-order valence-electron chi connectivity index (χ2n) is 2.79. The van der Waals surface area contributed by atoms with E-state index in [0.29, 0.717) is 0 Å². The second kappa shape index (κ2) is 6.53. The molecule has 0 radical (unpaired) electrons. The first-order valence-electron chi connectivity index (χ1n) is 3.52. The molecule has 0 aliphatic heterocycles. The van der Waals surface area contributed by atoms with Crippen molar-refractivity contribution in [3.8, 4) is 0 Å². The third-order valence-corrected chi connectivity index (χ3v) is 1.74. The molecule has 0 rings (SSSR count). The Morgan fingerprint density at radius 2 is 1.50 bits per heavy atom. The topological polar surface area (TPSA) is 98.2 Å². The molecule has 0 aromatic heterocycles. The fraction of sp³-hybridized carbons (Fsp3) is 0.667. The molecule has 8 heteroatoms. The predicted molar refractivity (Wildman–Crippen MR) is 50.9 cm³/mol. The van der Waals surface area contributed by atoms with Crippen LogP contribution in [0.15, 0.2) is 0 Å². The van der Waals surface area contributed by atoms with Gasteiger partial charge in [0, 0.05) is 28.2 Å². The first-order valence-corrected chi connectivity index (χ1v) is 5.13. The molecule has 0 aromatic rings. The molecule has 2 N–H and O–H groups in total. The summed E-state index contributed by atoms with van der Waals surface area (Å²) < 4.78 is 10.1. The zero-order valence-electron chi connectivity index (χ0n) is 8.54. The molecule has 14 heavy (non-hydrogen) atoms. The van der Waals surface area contributed by atoms with E-state index in [0.717, 1.165) is 11.3 Å². The number of carbonyl (C=O) groups is 2. The van der Waals surface area contributed by atoms with Crippen LogP contribution in [0.25, 0.3) is 0 Å². The van der Waals surface area contributed by atoms with Gasteiger partial charge < -0.3 is 19.6 Å². The van der Waals surface area contributed by atoms with Crippen LogP contribution in [0.2, 0.25) is 0 Å². The van der Waals surface area contributed by atoms with Gasteiger partial charge in [0.1, 0.15) is 0 Å². The molecule has 0 aliphatic rings. The first kappa shape index (κ1) is 15.6. The third-order valence-electron chi connectivity index (χ3n) is 0.843. The van der Waals surface area contributed by atoms with E-state index in [9.17, 15) is 14.2 Å². The van der Waals surface area contributed by atoms with Crippen LogP contribution < -0.4 is 0 Å². The molecule has 0 heterocycles. The fourth-order valence-electron chi connectivity index (χ4n) is 0.261. The quantitative estimate of drug-likeness (QED) is 0.491. The molecule has 0 unspecified atom stereocenters. The average molecular weight is 226 g/mol. The SMILES string of the molecule is CN(C)C(=O)P(=O)(O)O.CN(C)C=O. The minimum absolute atomic E-state index is 0.750. The van der Waals surface area contributed by atoms with Crippen LogP contribution >= 0.6 is 7.60 Å². The summed E-state index contributed by atoms with van der Waals surface area (Å²) in [6.07, 6.45) is 0.750. The molecular formula is C6H15N2O5P. The van der Waals surface area contributed by atoms with E-state index in [-0.39, 0.29) is 0 Å². The van der Waals surface area contributed by atoms with Gasteiger partial charge in [0.05, 0.1) is 0 Å². The fourth-order valence-corrected chi connectivity index (χ4v) is 0.782. The van der Waals surface area contributed by atoms with Gasteiger partial charge in [-0.25, -0.2) is 4.57 Å². The Hall–Kier alpha value is -0.910. The smallest absolute Gasteiger partial charge is 0.351 e. The van der Waals surface area contributed by atoms with Gasteiger partial charge in [0.25, 0.3) is 0 Å². The molecule has 0 aliphatic carbocycles. The minimum atomic E-state index is -4.53. The summed E-state index contributed by atoms with van der Waals surface area (Å²) in [5.41, 5.74) is -1.16. The maximum atomic E-state index is 10.3. The van der Waals surface area contributed by atoms with Crippen molar-refractivity contribution in [1.82, 2.24) is 9.80 Å². The normalized spacial score (nSPS) is 9.57. The summed E-state index contributed by atoms with van der Waals surface area (Å²) in [6, 6.07) is 0. The van der Waals surface area contributed by atoms with E-state index in [1.807, 2.05) is 0 Å². The predicted octanol–water partition coefficient (Wildman–Crippen LogP) is -0.450. The number of carbonyl (C=O) groups excluding carboxylic acids is 2. The second-order valence-corrected chi connectivity index (χ2v) is 4.26. The summed E-state index contributed by atoms with van der Waals surface area (Å²) >= 11 is 0. The lowest BCUT2D eigenvalue weighted by molar-refractivity contribution is -0.115. The van der Waals surface area contributed by atoms with Crippen molar-refractivity contribution < 1.29 is 23.9 Å². The molecule has 0 atom stereocenters. The molecule has 7 nitrogen and oxygen atoms in total. The van der Waals surface area contributed by atoms with Gasteiger partial charge in [-0.15, -0.1) is 0 Å². The van der Waals surface area contributed by atoms with Crippen molar-refractivity contribution in [2.75, 3.05) is 28.2 Å².